The van der Waals surface area contributed by atoms with Crippen molar-refractivity contribution in [3.05, 3.63) is 28.8 Å². The number of carbonyl (C=O) groups is 2. The highest BCUT2D eigenvalue weighted by Gasteiger charge is 2.34. The van der Waals surface area contributed by atoms with Gasteiger partial charge in [-0.2, -0.15) is 13.2 Å². The maximum atomic E-state index is 12.7. The van der Waals surface area contributed by atoms with Crippen molar-refractivity contribution >= 4 is 11.9 Å². The molecule has 0 aliphatic heterocycles. The van der Waals surface area contributed by atoms with Crippen LogP contribution >= 0.6 is 0 Å². The minimum atomic E-state index is -4.61. The summed E-state index contributed by atoms with van der Waals surface area (Å²) in [5.74, 6) is -2.02. The van der Waals surface area contributed by atoms with Crippen LogP contribution in [0.1, 0.15) is 28.4 Å². The molecule has 0 N–H and O–H groups in total. The molecule has 1 aromatic rings. The monoisotopic (exact) mass is 276 g/mol. The molecule has 1 rings (SSSR count). The molecule has 0 atom stereocenters. The van der Waals surface area contributed by atoms with Gasteiger partial charge in [0.05, 0.1) is 12.7 Å². The third kappa shape index (κ3) is 3.46. The fraction of sp³-hybridized carbons (Fsp3) is 0.333. The summed E-state index contributed by atoms with van der Waals surface area (Å²) in [6.45, 7) is 2.28. The lowest BCUT2D eigenvalue weighted by molar-refractivity contribution is -0.138. The lowest BCUT2D eigenvalue weighted by Gasteiger charge is -2.14. The number of alkyl halides is 3. The van der Waals surface area contributed by atoms with Gasteiger partial charge in [0, 0.05) is 6.92 Å². The van der Waals surface area contributed by atoms with Crippen molar-refractivity contribution in [1.82, 2.24) is 0 Å². The summed E-state index contributed by atoms with van der Waals surface area (Å²) in [4.78, 5) is 22.3. The van der Waals surface area contributed by atoms with E-state index in [0.29, 0.717) is 6.07 Å². The van der Waals surface area contributed by atoms with Gasteiger partial charge in [-0.05, 0) is 24.6 Å². The molecule has 0 aliphatic rings. The molecule has 7 heteroatoms. The molecule has 0 spiro atoms. The maximum absolute atomic E-state index is 12.7. The molecule has 0 amide bonds. The van der Waals surface area contributed by atoms with E-state index in [9.17, 15) is 22.8 Å². The zero-order valence-electron chi connectivity index (χ0n) is 10.4. The van der Waals surface area contributed by atoms with Crippen LogP contribution in [-0.2, 0) is 15.7 Å². The van der Waals surface area contributed by atoms with Crippen molar-refractivity contribution in [2.24, 2.45) is 0 Å². The van der Waals surface area contributed by atoms with E-state index in [2.05, 4.69) is 4.74 Å². The van der Waals surface area contributed by atoms with Gasteiger partial charge in [0.2, 0.25) is 0 Å². The summed E-state index contributed by atoms with van der Waals surface area (Å²) in [7, 11) is 1.02. The number of hydrogen-bond donors (Lipinski definition) is 0. The zero-order valence-corrected chi connectivity index (χ0v) is 10.4. The number of carbonyl (C=O) groups excluding carboxylic acids is 2. The first-order chi connectivity index (χ1) is 8.66. The van der Waals surface area contributed by atoms with Crippen molar-refractivity contribution in [3.63, 3.8) is 0 Å². The highest BCUT2D eigenvalue weighted by molar-refractivity contribution is 5.93. The van der Waals surface area contributed by atoms with Crippen LogP contribution in [0.5, 0.6) is 5.75 Å². The molecule has 0 saturated heterocycles. The molecular formula is C12H11F3O4. The van der Waals surface area contributed by atoms with Gasteiger partial charge >= 0.3 is 18.1 Å². The van der Waals surface area contributed by atoms with Gasteiger partial charge in [-0.15, -0.1) is 0 Å². The predicted molar refractivity (Wildman–Crippen MR) is 58.8 cm³/mol. The Bertz CT molecular complexity index is 520. The van der Waals surface area contributed by atoms with Crippen LogP contribution in [-0.4, -0.2) is 19.0 Å². The van der Waals surface area contributed by atoms with Crippen LogP contribution in [0.4, 0.5) is 13.2 Å². The first-order valence-corrected chi connectivity index (χ1v) is 5.15. The van der Waals surface area contributed by atoms with E-state index in [4.69, 9.17) is 4.74 Å². The Morgan fingerprint density at radius 2 is 1.79 bits per heavy atom. The number of rotatable bonds is 2. The van der Waals surface area contributed by atoms with E-state index >= 15 is 0 Å². The molecule has 104 valence electrons. The largest absolute Gasteiger partial charge is 0.465 e. The van der Waals surface area contributed by atoms with Crippen LogP contribution in [0.2, 0.25) is 0 Å². The number of halogens is 3. The van der Waals surface area contributed by atoms with E-state index in [0.717, 1.165) is 20.1 Å². The molecule has 0 saturated carbocycles. The first-order valence-electron chi connectivity index (χ1n) is 5.15. The van der Waals surface area contributed by atoms with Gasteiger partial charge in [0.25, 0.3) is 0 Å². The molecule has 0 fully saturated rings. The molecule has 0 aliphatic carbocycles. The number of esters is 2. The average molecular weight is 276 g/mol. The number of ether oxygens (including phenoxy) is 2. The van der Waals surface area contributed by atoms with E-state index in [1.807, 2.05) is 0 Å². The van der Waals surface area contributed by atoms with Crippen LogP contribution < -0.4 is 4.74 Å². The molecule has 0 unspecified atom stereocenters. The second kappa shape index (κ2) is 5.29. The summed E-state index contributed by atoms with van der Waals surface area (Å²) >= 11 is 0. The van der Waals surface area contributed by atoms with Crippen LogP contribution in [0.3, 0.4) is 0 Å². The Hall–Kier alpha value is -2.05. The van der Waals surface area contributed by atoms with E-state index in [1.165, 1.54) is 6.92 Å². The Balaban J connectivity index is 3.45. The van der Waals surface area contributed by atoms with E-state index < -0.39 is 29.2 Å². The SMILES string of the molecule is COC(=O)c1cc(C(F)(F)F)c(C)cc1OC(C)=O. The molecule has 0 aromatic heterocycles. The lowest BCUT2D eigenvalue weighted by Crippen LogP contribution is -2.14. The third-order valence-corrected chi connectivity index (χ3v) is 2.29. The number of hydrogen-bond acceptors (Lipinski definition) is 4. The predicted octanol–water partition coefficient (Wildman–Crippen LogP) is 2.73. The average Bonchev–Trinajstić information content (AvgIpc) is 2.25. The number of aryl methyl sites for hydroxylation is 1. The van der Waals surface area contributed by atoms with Crippen LogP contribution in [0.15, 0.2) is 12.1 Å². The number of benzene rings is 1. The smallest absolute Gasteiger partial charge is 0.416 e. The molecule has 0 bridgehead atoms. The second-order valence-corrected chi connectivity index (χ2v) is 3.75. The summed E-state index contributed by atoms with van der Waals surface area (Å²) in [5.41, 5.74) is -1.59. The Morgan fingerprint density at radius 3 is 2.21 bits per heavy atom. The minimum absolute atomic E-state index is 0.156. The molecule has 19 heavy (non-hydrogen) atoms. The van der Waals surface area contributed by atoms with E-state index in [1.54, 1.807) is 0 Å². The highest BCUT2D eigenvalue weighted by atomic mass is 19.4. The molecule has 4 nitrogen and oxygen atoms in total. The molecular weight excluding hydrogens is 265 g/mol. The standard InChI is InChI=1S/C12H11F3O4/c1-6-4-10(19-7(2)16)8(11(17)18-3)5-9(6)12(13,14)15/h4-5H,1-3H3. The van der Waals surface area contributed by atoms with Crippen molar-refractivity contribution in [2.45, 2.75) is 20.0 Å². The Kier molecular flexibility index (Phi) is 4.18. The zero-order chi connectivity index (χ0) is 14.8. The van der Waals surface area contributed by atoms with Crippen molar-refractivity contribution in [3.8, 4) is 5.75 Å². The quantitative estimate of drug-likeness (QED) is 0.615. The number of methoxy groups -OCH3 is 1. The van der Waals surface area contributed by atoms with Gasteiger partial charge in [-0.3, -0.25) is 4.79 Å². The molecule has 1 aromatic carbocycles. The van der Waals surface area contributed by atoms with Gasteiger partial charge in [-0.1, -0.05) is 0 Å². The van der Waals surface area contributed by atoms with Gasteiger partial charge in [0.1, 0.15) is 11.3 Å². The third-order valence-electron chi connectivity index (χ3n) is 2.29. The minimum Gasteiger partial charge on any atom is -0.465 e. The van der Waals surface area contributed by atoms with Crippen molar-refractivity contribution in [2.75, 3.05) is 7.11 Å². The Morgan fingerprint density at radius 1 is 1.21 bits per heavy atom. The Labute approximate surface area is 107 Å². The van der Waals surface area contributed by atoms with Crippen LogP contribution in [0, 0.1) is 6.92 Å². The van der Waals surface area contributed by atoms with Gasteiger partial charge in [-0.25, -0.2) is 4.79 Å². The first kappa shape index (κ1) is 15.0. The van der Waals surface area contributed by atoms with Crippen molar-refractivity contribution < 1.29 is 32.2 Å². The summed E-state index contributed by atoms with van der Waals surface area (Å²) < 4.78 is 47.3. The maximum Gasteiger partial charge on any atom is 0.416 e. The normalized spacial score (nSPS) is 11.1. The topological polar surface area (TPSA) is 52.6 Å². The van der Waals surface area contributed by atoms with Crippen LogP contribution in [0.25, 0.3) is 0 Å². The lowest BCUT2D eigenvalue weighted by atomic mass is 10.0. The summed E-state index contributed by atoms with van der Waals surface area (Å²) in [6, 6.07) is 1.59. The summed E-state index contributed by atoms with van der Waals surface area (Å²) in [5, 5.41) is 0. The van der Waals surface area contributed by atoms with E-state index in [-0.39, 0.29) is 11.3 Å². The highest BCUT2D eigenvalue weighted by Crippen LogP contribution is 2.35. The molecule has 0 heterocycles. The molecule has 0 radical (unpaired) electrons. The fourth-order valence-corrected chi connectivity index (χ4v) is 1.50. The fourth-order valence-electron chi connectivity index (χ4n) is 1.50. The van der Waals surface area contributed by atoms with Crippen molar-refractivity contribution in [1.29, 1.82) is 0 Å². The van der Waals surface area contributed by atoms with Gasteiger partial charge in [0.15, 0.2) is 0 Å². The summed E-state index contributed by atoms with van der Waals surface area (Å²) in [6.07, 6.45) is -4.61. The van der Waals surface area contributed by atoms with Gasteiger partial charge < -0.3 is 9.47 Å². The second-order valence-electron chi connectivity index (χ2n) is 3.75.